The minimum absolute atomic E-state index is 0.0576. The molecule has 1 heterocycles. The van der Waals surface area contributed by atoms with Crippen molar-refractivity contribution in [3.8, 4) is 0 Å². The number of aryl methyl sites for hydroxylation is 2. The molecule has 0 aliphatic carbocycles. The molecule has 0 N–H and O–H groups in total. The van der Waals surface area contributed by atoms with Crippen molar-refractivity contribution in [2.45, 2.75) is 52.5 Å². The van der Waals surface area contributed by atoms with Crippen LogP contribution < -0.4 is 0 Å². The van der Waals surface area contributed by atoms with Gasteiger partial charge in [0.1, 0.15) is 5.76 Å². The second kappa shape index (κ2) is 6.52. The van der Waals surface area contributed by atoms with E-state index in [0.29, 0.717) is 30.7 Å². The SMILES string of the molecule is CCCN(CCC(C)C)S(=O)(=O)c1nc(C)oc1C. The monoisotopic (exact) mass is 288 g/mol. The Balaban J connectivity index is 3.02. The highest BCUT2D eigenvalue weighted by molar-refractivity contribution is 7.89. The lowest BCUT2D eigenvalue weighted by Crippen LogP contribution is -2.34. The van der Waals surface area contributed by atoms with Crippen molar-refractivity contribution >= 4 is 10.0 Å². The topological polar surface area (TPSA) is 63.4 Å². The summed E-state index contributed by atoms with van der Waals surface area (Å²) in [6.07, 6.45) is 1.63. The normalized spacial score (nSPS) is 12.6. The van der Waals surface area contributed by atoms with Gasteiger partial charge in [-0.2, -0.15) is 4.31 Å². The van der Waals surface area contributed by atoms with E-state index in [9.17, 15) is 8.42 Å². The summed E-state index contributed by atoms with van der Waals surface area (Å²) in [5.74, 6) is 1.22. The predicted molar refractivity (Wildman–Crippen MR) is 74.5 cm³/mol. The molecule has 1 aromatic heterocycles. The van der Waals surface area contributed by atoms with Crippen molar-refractivity contribution in [2.24, 2.45) is 5.92 Å². The van der Waals surface area contributed by atoms with Gasteiger partial charge in [-0.05, 0) is 25.7 Å². The van der Waals surface area contributed by atoms with Crippen LogP contribution in [0.2, 0.25) is 0 Å². The molecule has 5 nitrogen and oxygen atoms in total. The van der Waals surface area contributed by atoms with Crippen LogP contribution in [0.1, 0.15) is 45.3 Å². The van der Waals surface area contributed by atoms with Crippen LogP contribution in [0, 0.1) is 19.8 Å². The molecular formula is C13H24N2O3S. The van der Waals surface area contributed by atoms with Gasteiger partial charge in [0.25, 0.3) is 10.0 Å². The van der Waals surface area contributed by atoms with Crippen LogP contribution in [0.3, 0.4) is 0 Å². The van der Waals surface area contributed by atoms with Crippen molar-refractivity contribution in [1.29, 1.82) is 0 Å². The minimum Gasteiger partial charge on any atom is -0.445 e. The lowest BCUT2D eigenvalue weighted by molar-refractivity contribution is 0.377. The van der Waals surface area contributed by atoms with Crippen molar-refractivity contribution < 1.29 is 12.8 Å². The summed E-state index contributed by atoms with van der Waals surface area (Å²) in [5, 5.41) is 0.0576. The maximum atomic E-state index is 12.6. The Morgan fingerprint density at radius 2 is 1.89 bits per heavy atom. The highest BCUT2D eigenvalue weighted by atomic mass is 32.2. The van der Waals surface area contributed by atoms with Crippen LogP contribution in [0.25, 0.3) is 0 Å². The van der Waals surface area contributed by atoms with Crippen molar-refractivity contribution in [3.05, 3.63) is 11.7 Å². The zero-order chi connectivity index (χ0) is 14.6. The number of oxazole rings is 1. The fraction of sp³-hybridized carbons (Fsp3) is 0.769. The quantitative estimate of drug-likeness (QED) is 0.774. The third-order valence-corrected chi connectivity index (χ3v) is 4.79. The van der Waals surface area contributed by atoms with Gasteiger partial charge in [0.15, 0.2) is 5.89 Å². The zero-order valence-corrected chi connectivity index (χ0v) is 13.2. The summed E-state index contributed by atoms with van der Waals surface area (Å²) in [5.41, 5.74) is 0. The first kappa shape index (κ1) is 16.2. The Kier molecular flexibility index (Phi) is 5.55. The van der Waals surface area contributed by atoms with Gasteiger partial charge in [-0.15, -0.1) is 0 Å². The molecule has 1 aromatic rings. The number of rotatable bonds is 7. The Labute approximate surface area is 116 Å². The van der Waals surface area contributed by atoms with E-state index >= 15 is 0 Å². The summed E-state index contributed by atoms with van der Waals surface area (Å²) < 4.78 is 31.9. The lowest BCUT2D eigenvalue weighted by atomic mass is 10.1. The van der Waals surface area contributed by atoms with Gasteiger partial charge in [0.2, 0.25) is 5.03 Å². The molecule has 6 heteroatoms. The van der Waals surface area contributed by atoms with Crippen LogP contribution in [-0.2, 0) is 10.0 Å². The molecule has 0 radical (unpaired) electrons. The van der Waals surface area contributed by atoms with Gasteiger partial charge in [-0.25, -0.2) is 13.4 Å². The summed E-state index contributed by atoms with van der Waals surface area (Å²) in [6, 6.07) is 0. The summed E-state index contributed by atoms with van der Waals surface area (Å²) in [4.78, 5) is 4.02. The van der Waals surface area contributed by atoms with Gasteiger partial charge in [-0.1, -0.05) is 20.8 Å². The molecule has 0 aliphatic heterocycles. The van der Waals surface area contributed by atoms with Crippen LogP contribution in [0.15, 0.2) is 9.44 Å². The highest BCUT2D eigenvalue weighted by Crippen LogP contribution is 2.21. The van der Waals surface area contributed by atoms with E-state index in [-0.39, 0.29) is 5.03 Å². The fourth-order valence-corrected chi connectivity index (χ4v) is 3.54. The van der Waals surface area contributed by atoms with Crippen molar-refractivity contribution in [2.75, 3.05) is 13.1 Å². The molecule has 0 spiro atoms. The van der Waals surface area contributed by atoms with E-state index in [1.165, 1.54) is 4.31 Å². The maximum absolute atomic E-state index is 12.6. The van der Waals surface area contributed by atoms with Gasteiger partial charge < -0.3 is 4.42 Å². The van der Waals surface area contributed by atoms with Crippen molar-refractivity contribution in [3.63, 3.8) is 0 Å². The predicted octanol–water partition coefficient (Wildman–Crippen LogP) is 2.74. The highest BCUT2D eigenvalue weighted by Gasteiger charge is 2.29. The van der Waals surface area contributed by atoms with Crippen LogP contribution in [0.4, 0.5) is 0 Å². The first-order valence-electron chi connectivity index (χ1n) is 6.73. The zero-order valence-electron chi connectivity index (χ0n) is 12.4. The second-order valence-electron chi connectivity index (χ2n) is 5.18. The molecular weight excluding hydrogens is 264 g/mol. The Hall–Kier alpha value is -0.880. The van der Waals surface area contributed by atoms with E-state index in [1.54, 1.807) is 13.8 Å². The van der Waals surface area contributed by atoms with Crippen molar-refractivity contribution in [1.82, 2.24) is 9.29 Å². The van der Waals surface area contributed by atoms with Gasteiger partial charge in [0, 0.05) is 20.0 Å². The smallest absolute Gasteiger partial charge is 0.264 e. The molecule has 0 saturated heterocycles. The average Bonchev–Trinajstić information content (AvgIpc) is 2.64. The summed E-state index contributed by atoms with van der Waals surface area (Å²) in [7, 11) is -3.54. The maximum Gasteiger partial charge on any atom is 0.264 e. The Morgan fingerprint density at radius 1 is 1.26 bits per heavy atom. The van der Waals surface area contributed by atoms with Gasteiger partial charge >= 0.3 is 0 Å². The molecule has 0 amide bonds. The van der Waals surface area contributed by atoms with E-state index in [2.05, 4.69) is 18.8 Å². The van der Waals surface area contributed by atoms with Crippen LogP contribution in [0.5, 0.6) is 0 Å². The molecule has 0 bridgehead atoms. The van der Waals surface area contributed by atoms with E-state index < -0.39 is 10.0 Å². The summed E-state index contributed by atoms with van der Waals surface area (Å²) in [6.45, 7) is 10.5. The third kappa shape index (κ3) is 4.04. The largest absolute Gasteiger partial charge is 0.445 e. The Morgan fingerprint density at radius 3 is 2.32 bits per heavy atom. The molecule has 0 aliphatic rings. The second-order valence-corrected chi connectivity index (χ2v) is 7.03. The van der Waals surface area contributed by atoms with E-state index in [4.69, 9.17) is 4.42 Å². The molecule has 19 heavy (non-hydrogen) atoms. The van der Waals surface area contributed by atoms with E-state index in [1.807, 2.05) is 6.92 Å². The molecule has 0 aromatic carbocycles. The molecule has 0 saturated carbocycles. The molecule has 0 unspecified atom stereocenters. The van der Waals surface area contributed by atoms with Gasteiger partial charge in [0.05, 0.1) is 0 Å². The fourth-order valence-electron chi connectivity index (χ4n) is 1.88. The number of nitrogens with zero attached hydrogens (tertiary/aromatic N) is 2. The number of aromatic nitrogens is 1. The third-order valence-electron chi connectivity index (χ3n) is 2.87. The molecule has 110 valence electrons. The first-order valence-corrected chi connectivity index (χ1v) is 8.17. The molecule has 0 fully saturated rings. The van der Waals surface area contributed by atoms with Crippen LogP contribution in [-0.4, -0.2) is 30.8 Å². The standard InChI is InChI=1S/C13H24N2O3S/c1-6-8-15(9-7-10(2)3)19(16,17)13-11(4)18-12(5)14-13/h10H,6-9H2,1-5H3. The Bertz CT molecular complexity index is 506. The van der Waals surface area contributed by atoms with Gasteiger partial charge in [-0.3, -0.25) is 0 Å². The first-order chi connectivity index (χ1) is 8.78. The summed E-state index contributed by atoms with van der Waals surface area (Å²) >= 11 is 0. The number of sulfonamides is 1. The average molecular weight is 288 g/mol. The van der Waals surface area contributed by atoms with Crippen LogP contribution >= 0.6 is 0 Å². The lowest BCUT2D eigenvalue weighted by Gasteiger charge is -2.21. The minimum atomic E-state index is -3.54. The number of hydrogen-bond acceptors (Lipinski definition) is 4. The van der Waals surface area contributed by atoms with E-state index in [0.717, 1.165) is 12.8 Å². The molecule has 1 rings (SSSR count). The molecule has 0 atom stereocenters. The number of hydrogen-bond donors (Lipinski definition) is 0.